The van der Waals surface area contributed by atoms with Gasteiger partial charge in [-0.2, -0.15) is 26.3 Å². The Morgan fingerprint density at radius 1 is 0.781 bits per heavy atom. The zero-order chi connectivity index (χ0) is 52.3. The van der Waals surface area contributed by atoms with Crippen molar-refractivity contribution in [2.45, 2.75) is 50.2 Å². The van der Waals surface area contributed by atoms with Gasteiger partial charge < -0.3 is 39.6 Å². The zero-order valence-electron chi connectivity index (χ0n) is 39.0. The molecule has 0 saturated carbocycles. The summed E-state index contributed by atoms with van der Waals surface area (Å²) in [5, 5.41) is 8.43. The van der Waals surface area contributed by atoms with Gasteiger partial charge in [-0.25, -0.2) is 14.4 Å². The Kier molecular flexibility index (Phi) is 17.0. The molecule has 1 aliphatic rings. The summed E-state index contributed by atoms with van der Waals surface area (Å²) in [5.74, 6) is -6.50. The number of nitrogens with one attached hydrogen (secondary N) is 4. The van der Waals surface area contributed by atoms with Gasteiger partial charge in [0.15, 0.2) is 5.75 Å². The number of ether oxygens (including phenoxy) is 3. The van der Waals surface area contributed by atoms with Crippen LogP contribution in [0.1, 0.15) is 46.9 Å². The number of aromatic nitrogens is 1. The minimum Gasteiger partial charge on any atom is -0.449 e. The lowest BCUT2D eigenvalue weighted by Crippen LogP contribution is -2.40. The number of amides is 3. The van der Waals surface area contributed by atoms with Gasteiger partial charge in [-0.15, -0.1) is 0 Å². The van der Waals surface area contributed by atoms with Gasteiger partial charge in [-0.1, -0.05) is 72.8 Å². The molecule has 5 aromatic carbocycles. The standard InChI is InChI=1S/C52H48F6N6O9/c1-63(45(66)25-29-64-27-23-37(24-28-64)71-50(70)61-41-13-6-5-12-38(41)33-8-3-2-4-9-33)36-11-7-10-34(30-36)47(67)60-35-16-14-32(15-17-35)22-26-59-31-43(73-49(69)52(56,57)58)39-18-20-42(72-48(68)51(53,54)55)46-40(39)19-21-44(65)62-46/h2-21,30,37,43,59H,22-29,31H2,1H3,(H,60,67)(H,61,70)(H,62,65)/t43-/m0/s1. The van der Waals surface area contributed by atoms with Crippen molar-refractivity contribution < 1.29 is 64.5 Å². The van der Waals surface area contributed by atoms with Crippen LogP contribution >= 0.6 is 0 Å². The third-order valence-corrected chi connectivity index (χ3v) is 11.9. The lowest BCUT2D eigenvalue weighted by molar-refractivity contribution is -0.205. The second-order valence-electron chi connectivity index (χ2n) is 16.9. The smallest absolute Gasteiger partial charge is 0.449 e. The highest BCUT2D eigenvalue weighted by Crippen LogP contribution is 2.34. The van der Waals surface area contributed by atoms with Gasteiger partial charge in [0, 0.05) is 79.2 Å². The minimum atomic E-state index is -5.40. The molecular formula is C52H48F6N6O9. The van der Waals surface area contributed by atoms with E-state index in [4.69, 9.17) is 9.47 Å². The fourth-order valence-electron chi connectivity index (χ4n) is 8.03. The Balaban J connectivity index is 0.867. The number of hydrogen-bond donors (Lipinski definition) is 4. The van der Waals surface area contributed by atoms with Gasteiger partial charge in [-0.3, -0.25) is 19.7 Å². The van der Waals surface area contributed by atoms with Gasteiger partial charge in [0.05, 0.1) is 11.2 Å². The van der Waals surface area contributed by atoms with E-state index < -0.39 is 65.8 Å². The van der Waals surface area contributed by atoms with E-state index in [1.54, 1.807) is 55.6 Å². The molecule has 2 heterocycles. The monoisotopic (exact) mass is 1010 g/mol. The highest BCUT2D eigenvalue weighted by Gasteiger charge is 2.43. The number of para-hydroxylation sites is 1. The second kappa shape index (κ2) is 23.5. The van der Waals surface area contributed by atoms with Gasteiger partial charge in [0.25, 0.3) is 5.91 Å². The Hall–Kier alpha value is -8.04. The molecule has 21 heteroatoms. The van der Waals surface area contributed by atoms with E-state index >= 15 is 0 Å². The maximum absolute atomic E-state index is 13.3. The number of pyridine rings is 1. The minimum absolute atomic E-state index is 0.126. The number of benzene rings is 5. The molecule has 1 fully saturated rings. The molecule has 0 spiro atoms. The summed E-state index contributed by atoms with van der Waals surface area (Å²) in [6, 6.07) is 34.3. The third kappa shape index (κ3) is 14.3. The van der Waals surface area contributed by atoms with Crippen molar-refractivity contribution in [3.8, 4) is 16.9 Å². The molecule has 7 rings (SSSR count). The molecule has 1 aromatic heterocycles. The number of aromatic amines is 1. The van der Waals surface area contributed by atoms with Gasteiger partial charge in [0.1, 0.15) is 12.2 Å². The SMILES string of the molecule is CN(C(=O)CCN1CCC(OC(=O)Nc2ccccc2-c2ccccc2)CC1)c1cccc(C(=O)Nc2ccc(CCNC[C@H](OC(=O)C(F)(F)F)c3ccc(OC(=O)C(F)(F)F)c4[nH]c(=O)ccc34)cc2)c1. The normalized spacial score (nSPS) is 13.7. The van der Waals surface area contributed by atoms with Crippen molar-refractivity contribution in [1.29, 1.82) is 0 Å². The van der Waals surface area contributed by atoms with Crippen LogP contribution in [0.4, 0.5) is 48.2 Å². The number of hydrogen-bond acceptors (Lipinski definition) is 11. The summed E-state index contributed by atoms with van der Waals surface area (Å²) in [6.45, 7) is 1.48. The van der Waals surface area contributed by atoms with Crippen molar-refractivity contribution in [1.82, 2.24) is 15.2 Å². The number of H-pyrrole nitrogens is 1. The number of carbonyl (C=O) groups is 5. The molecule has 0 unspecified atom stereocenters. The predicted octanol–water partition coefficient (Wildman–Crippen LogP) is 8.96. The van der Waals surface area contributed by atoms with Gasteiger partial charge in [-0.05, 0) is 85.5 Å². The molecule has 1 saturated heterocycles. The van der Waals surface area contributed by atoms with Crippen LogP contribution in [0.3, 0.4) is 0 Å². The first kappa shape index (κ1) is 52.8. The number of carbonyl (C=O) groups excluding carboxylic acids is 5. The predicted molar refractivity (Wildman–Crippen MR) is 258 cm³/mol. The summed E-state index contributed by atoms with van der Waals surface area (Å²) in [7, 11) is 1.63. The number of esters is 2. The number of anilines is 3. The summed E-state index contributed by atoms with van der Waals surface area (Å²) >= 11 is 0. The molecular weight excluding hydrogens is 967 g/mol. The first-order valence-electron chi connectivity index (χ1n) is 22.9. The van der Waals surface area contributed by atoms with E-state index in [2.05, 4.69) is 30.6 Å². The van der Waals surface area contributed by atoms with E-state index in [0.29, 0.717) is 56.0 Å². The number of alkyl halides is 6. The second-order valence-corrected chi connectivity index (χ2v) is 16.9. The molecule has 0 radical (unpaired) electrons. The quantitative estimate of drug-likeness (QED) is 0.0296. The van der Waals surface area contributed by atoms with Crippen LogP contribution in [0.5, 0.6) is 5.75 Å². The van der Waals surface area contributed by atoms with Crippen LogP contribution in [0.25, 0.3) is 22.0 Å². The Labute approximate surface area is 413 Å². The lowest BCUT2D eigenvalue weighted by atomic mass is 10.0. The number of nitrogens with zero attached hydrogens (tertiary/aromatic N) is 2. The van der Waals surface area contributed by atoms with Crippen molar-refractivity contribution in [2.75, 3.05) is 55.3 Å². The Morgan fingerprint density at radius 2 is 1.48 bits per heavy atom. The topological polar surface area (TPSA) is 188 Å². The summed E-state index contributed by atoms with van der Waals surface area (Å²) in [4.78, 5) is 80.9. The van der Waals surface area contributed by atoms with Crippen LogP contribution in [0.15, 0.2) is 132 Å². The van der Waals surface area contributed by atoms with Crippen molar-refractivity contribution in [3.63, 3.8) is 0 Å². The summed E-state index contributed by atoms with van der Waals surface area (Å²) in [6.07, 6.45) is -11.5. The van der Waals surface area contributed by atoms with Crippen LogP contribution < -0.4 is 31.1 Å². The first-order valence-corrected chi connectivity index (χ1v) is 22.9. The number of piperidine rings is 1. The summed E-state index contributed by atoms with van der Waals surface area (Å²) in [5.41, 5.74) is 3.04. The molecule has 382 valence electrons. The molecule has 1 atom stereocenters. The first-order chi connectivity index (χ1) is 34.8. The average molecular weight is 1010 g/mol. The highest BCUT2D eigenvalue weighted by molar-refractivity contribution is 6.05. The van der Waals surface area contributed by atoms with E-state index in [-0.39, 0.29) is 41.5 Å². The molecule has 3 amide bonds. The highest BCUT2D eigenvalue weighted by atomic mass is 19.4. The number of likely N-dealkylation sites (tertiary alicyclic amines) is 1. The fraction of sp³-hybridized carbons (Fsp3) is 0.269. The number of rotatable bonds is 17. The van der Waals surface area contributed by atoms with Crippen molar-refractivity contribution >= 4 is 57.8 Å². The van der Waals surface area contributed by atoms with E-state index in [9.17, 15) is 55.1 Å². The maximum Gasteiger partial charge on any atom is 0.491 e. The maximum atomic E-state index is 13.3. The van der Waals surface area contributed by atoms with E-state index in [0.717, 1.165) is 41.0 Å². The number of halogens is 6. The van der Waals surface area contributed by atoms with Crippen molar-refractivity contribution in [3.05, 3.63) is 154 Å². The van der Waals surface area contributed by atoms with Crippen LogP contribution in [0, 0.1) is 0 Å². The average Bonchev–Trinajstić information content (AvgIpc) is 3.37. The van der Waals surface area contributed by atoms with Crippen LogP contribution in [-0.4, -0.2) is 98.0 Å². The fourth-order valence-corrected chi connectivity index (χ4v) is 8.03. The molecule has 4 N–H and O–H groups in total. The Morgan fingerprint density at radius 3 is 2.19 bits per heavy atom. The molecule has 0 aliphatic carbocycles. The molecule has 0 bridgehead atoms. The van der Waals surface area contributed by atoms with Crippen LogP contribution in [0.2, 0.25) is 0 Å². The molecule has 6 aromatic rings. The zero-order valence-corrected chi connectivity index (χ0v) is 39.0. The van der Waals surface area contributed by atoms with Crippen molar-refractivity contribution in [2.24, 2.45) is 0 Å². The van der Waals surface area contributed by atoms with Crippen LogP contribution in [-0.2, 0) is 30.3 Å². The molecule has 15 nitrogen and oxygen atoms in total. The number of fused-ring (bicyclic) bond motifs is 1. The van der Waals surface area contributed by atoms with Gasteiger partial charge >= 0.3 is 30.4 Å². The summed E-state index contributed by atoms with van der Waals surface area (Å²) < 4.78 is 93.8. The third-order valence-electron chi connectivity index (χ3n) is 11.9. The van der Waals surface area contributed by atoms with E-state index in [1.165, 1.54) is 4.90 Å². The molecule has 73 heavy (non-hydrogen) atoms. The largest absolute Gasteiger partial charge is 0.491 e. The van der Waals surface area contributed by atoms with Gasteiger partial charge in [0.2, 0.25) is 11.5 Å². The molecule has 1 aliphatic heterocycles. The lowest BCUT2D eigenvalue weighted by Gasteiger charge is -2.31. The Bertz CT molecular complexity index is 3000. The van der Waals surface area contributed by atoms with E-state index in [1.807, 2.05) is 54.6 Å².